The van der Waals surface area contributed by atoms with Crippen LogP contribution in [0.1, 0.15) is 18.2 Å². The van der Waals surface area contributed by atoms with E-state index in [-0.39, 0.29) is 30.2 Å². The van der Waals surface area contributed by atoms with E-state index in [1.165, 1.54) is 5.56 Å². The maximum Gasteiger partial charge on any atom is 0.232 e. The first kappa shape index (κ1) is 18.0. The zero-order valence-corrected chi connectivity index (χ0v) is 15.5. The first-order valence-electron chi connectivity index (χ1n) is 6.92. The molecule has 0 fully saturated rings. The Morgan fingerprint density at radius 1 is 1.19 bits per heavy atom. The van der Waals surface area contributed by atoms with Crippen molar-refractivity contribution in [3.63, 3.8) is 0 Å². The van der Waals surface area contributed by atoms with Gasteiger partial charge in [0, 0.05) is 13.0 Å². The van der Waals surface area contributed by atoms with E-state index < -0.39 is 0 Å². The van der Waals surface area contributed by atoms with Gasteiger partial charge in [0.25, 0.3) is 0 Å². The third-order valence-electron chi connectivity index (χ3n) is 3.42. The summed E-state index contributed by atoms with van der Waals surface area (Å²) in [6.45, 7) is 4.80. The van der Waals surface area contributed by atoms with Gasteiger partial charge in [0.1, 0.15) is 0 Å². The molecule has 1 aromatic heterocycles. The molecule has 2 aromatic rings. The van der Waals surface area contributed by atoms with Gasteiger partial charge in [-0.15, -0.1) is 0 Å². The van der Waals surface area contributed by atoms with Gasteiger partial charge >= 0.3 is 0 Å². The molecule has 2 rings (SSSR count). The summed E-state index contributed by atoms with van der Waals surface area (Å²) in [4.78, 5) is 0. The number of aromatic nitrogens is 2. The highest BCUT2D eigenvalue weighted by atomic mass is 127. The molecule has 21 heavy (non-hydrogen) atoms. The van der Waals surface area contributed by atoms with Crippen LogP contribution in [0.15, 0.2) is 36.4 Å². The number of hydrogen-bond acceptors (Lipinski definition) is 2. The summed E-state index contributed by atoms with van der Waals surface area (Å²) in [6.07, 6.45) is 0.0700. The van der Waals surface area contributed by atoms with E-state index in [0.29, 0.717) is 0 Å². The molecule has 4 nitrogen and oxygen atoms in total. The summed E-state index contributed by atoms with van der Waals surface area (Å²) in [6, 6.07) is 12.3. The molecule has 0 aliphatic rings. The molecule has 0 spiro atoms. The van der Waals surface area contributed by atoms with Crippen molar-refractivity contribution < 1.29 is 33.2 Å². The molecule has 1 aromatic carbocycles. The maximum atomic E-state index is 6.08. The molecule has 1 atom stereocenters. The van der Waals surface area contributed by atoms with Gasteiger partial charge in [0.05, 0.1) is 33.4 Å². The van der Waals surface area contributed by atoms with Gasteiger partial charge in [0.15, 0.2) is 0 Å². The Hall–Kier alpha value is -1.08. The molecule has 0 radical (unpaired) electrons. The highest BCUT2D eigenvalue weighted by Gasteiger charge is 2.21. The summed E-state index contributed by atoms with van der Waals surface area (Å²) in [5.74, 6) is 0.826. The summed E-state index contributed by atoms with van der Waals surface area (Å²) < 4.78 is 8.75. The summed E-state index contributed by atoms with van der Waals surface area (Å²) in [5, 5.41) is 4.53. The van der Waals surface area contributed by atoms with Crippen LogP contribution in [0.3, 0.4) is 0 Å². The van der Waals surface area contributed by atoms with Crippen LogP contribution in [0.5, 0.6) is 5.88 Å². The second kappa shape index (κ2) is 7.26. The van der Waals surface area contributed by atoms with Crippen LogP contribution in [0.25, 0.3) is 0 Å². The Kier molecular flexibility index (Phi) is 6.22. The van der Waals surface area contributed by atoms with Crippen LogP contribution in [0.2, 0.25) is 0 Å². The van der Waals surface area contributed by atoms with Gasteiger partial charge in [-0.25, -0.2) is 4.68 Å². The molecule has 0 aliphatic carbocycles. The van der Waals surface area contributed by atoms with Crippen molar-refractivity contribution in [2.24, 2.45) is 0 Å². The lowest BCUT2D eigenvalue weighted by molar-refractivity contribution is -0.912. The molecule has 0 N–H and O–H groups in total. The second-order valence-electron chi connectivity index (χ2n) is 6.10. The fraction of sp³-hybridized carbons (Fsp3) is 0.438. The highest BCUT2D eigenvalue weighted by Crippen LogP contribution is 2.18. The molecule has 1 unspecified atom stereocenters. The number of nitrogens with zero attached hydrogens (tertiary/aromatic N) is 3. The summed E-state index contributed by atoms with van der Waals surface area (Å²) in [5.41, 5.74) is 2.20. The van der Waals surface area contributed by atoms with Gasteiger partial charge < -0.3 is 28.7 Å². The van der Waals surface area contributed by atoms with E-state index in [2.05, 4.69) is 45.3 Å². The van der Waals surface area contributed by atoms with E-state index in [0.717, 1.165) is 22.6 Å². The quantitative estimate of drug-likeness (QED) is 0.390. The molecule has 0 bridgehead atoms. The molecule has 5 heteroatoms. The standard InChI is InChI=1S/C16H24N3O.HI/c1-13-11-16(20-14(2)19(3,4)5)18(17-13)12-15-9-7-6-8-10-15;/h6-11,14H,12H2,1-5H3;1H/q+1;/p-1. The number of hydrogen-bond donors (Lipinski definition) is 0. The van der Waals surface area contributed by atoms with Gasteiger partial charge in [-0.2, -0.15) is 5.10 Å². The van der Waals surface area contributed by atoms with Crippen molar-refractivity contribution >= 4 is 0 Å². The van der Waals surface area contributed by atoms with Crippen molar-refractivity contribution in [1.29, 1.82) is 0 Å². The number of aryl methyl sites for hydroxylation is 1. The van der Waals surface area contributed by atoms with E-state index in [4.69, 9.17) is 4.74 Å². The van der Waals surface area contributed by atoms with E-state index in [1.54, 1.807) is 0 Å². The minimum Gasteiger partial charge on any atom is -1.00 e. The Labute approximate surface area is 144 Å². The lowest BCUT2D eigenvalue weighted by Gasteiger charge is -2.31. The minimum atomic E-state index is 0. The average molecular weight is 401 g/mol. The van der Waals surface area contributed by atoms with Crippen molar-refractivity contribution in [3.8, 4) is 5.88 Å². The van der Waals surface area contributed by atoms with E-state index in [9.17, 15) is 0 Å². The van der Waals surface area contributed by atoms with Crippen molar-refractivity contribution in [2.45, 2.75) is 26.6 Å². The van der Waals surface area contributed by atoms with Gasteiger partial charge in [0.2, 0.25) is 12.1 Å². The number of ether oxygens (including phenoxy) is 1. The van der Waals surface area contributed by atoms with E-state index in [1.807, 2.05) is 35.9 Å². The predicted molar refractivity (Wildman–Crippen MR) is 80.6 cm³/mol. The molecule has 0 amide bonds. The summed E-state index contributed by atoms with van der Waals surface area (Å²) >= 11 is 0. The normalized spacial score (nSPS) is 12.6. The first-order chi connectivity index (χ1) is 9.36. The molecule has 0 saturated heterocycles. The van der Waals surface area contributed by atoms with Crippen LogP contribution >= 0.6 is 0 Å². The lowest BCUT2D eigenvalue weighted by Crippen LogP contribution is -3.00. The Morgan fingerprint density at radius 2 is 1.81 bits per heavy atom. The fourth-order valence-corrected chi connectivity index (χ4v) is 1.82. The topological polar surface area (TPSA) is 27.1 Å². The van der Waals surface area contributed by atoms with Crippen molar-refractivity contribution in [3.05, 3.63) is 47.7 Å². The van der Waals surface area contributed by atoms with Gasteiger partial charge in [-0.05, 0) is 12.5 Å². The van der Waals surface area contributed by atoms with Gasteiger partial charge in [-0.3, -0.25) is 4.48 Å². The number of halogens is 1. The van der Waals surface area contributed by atoms with Crippen LogP contribution in [-0.2, 0) is 6.54 Å². The summed E-state index contributed by atoms with van der Waals surface area (Å²) in [7, 11) is 6.36. The SMILES string of the molecule is Cc1cc(OC(C)[N+](C)(C)C)n(Cc2ccccc2)n1.[I-]. The fourth-order valence-electron chi connectivity index (χ4n) is 1.82. The zero-order valence-electron chi connectivity index (χ0n) is 13.4. The van der Waals surface area contributed by atoms with Crippen LogP contribution in [0.4, 0.5) is 0 Å². The van der Waals surface area contributed by atoms with Gasteiger partial charge in [-0.1, -0.05) is 30.3 Å². The lowest BCUT2D eigenvalue weighted by atomic mass is 10.2. The molecule has 116 valence electrons. The van der Waals surface area contributed by atoms with E-state index >= 15 is 0 Å². The van der Waals surface area contributed by atoms with Crippen LogP contribution < -0.4 is 28.7 Å². The number of quaternary nitrogens is 1. The Balaban J connectivity index is 0.00000220. The molecular formula is C16H24IN3O. The number of rotatable bonds is 5. The Bertz CT molecular complexity index is 561. The highest BCUT2D eigenvalue weighted by molar-refractivity contribution is 5.20. The van der Waals surface area contributed by atoms with Crippen molar-refractivity contribution in [2.75, 3.05) is 21.1 Å². The van der Waals surface area contributed by atoms with Crippen LogP contribution in [-0.4, -0.2) is 41.6 Å². The Morgan fingerprint density at radius 3 is 2.38 bits per heavy atom. The molecular weight excluding hydrogens is 377 g/mol. The minimum absolute atomic E-state index is 0. The largest absolute Gasteiger partial charge is 1.00 e. The third kappa shape index (κ3) is 5.00. The third-order valence-corrected chi connectivity index (χ3v) is 3.42. The monoisotopic (exact) mass is 401 g/mol. The molecule has 0 saturated carbocycles. The van der Waals surface area contributed by atoms with Crippen LogP contribution in [0, 0.1) is 6.92 Å². The van der Waals surface area contributed by atoms with Crippen molar-refractivity contribution in [1.82, 2.24) is 9.78 Å². The smallest absolute Gasteiger partial charge is 0.232 e. The second-order valence-corrected chi connectivity index (χ2v) is 6.10. The maximum absolute atomic E-state index is 6.08. The molecule has 1 heterocycles. The first-order valence-corrected chi connectivity index (χ1v) is 6.92. The predicted octanol–water partition coefficient (Wildman–Crippen LogP) is -0.325. The number of benzene rings is 1. The zero-order chi connectivity index (χ0) is 14.8. The molecule has 0 aliphatic heterocycles. The average Bonchev–Trinajstić information content (AvgIpc) is 2.69.